The van der Waals surface area contributed by atoms with Crippen molar-refractivity contribution in [3.63, 3.8) is 0 Å². The average molecular weight is 478 g/mol. The fraction of sp³-hybridized carbons (Fsp3) is 0.462. The third-order valence-corrected chi connectivity index (χ3v) is 7.57. The highest BCUT2D eigenvalue weighted by molar-refractivity contribution is 7.13. The molecule has 0 atom stereocenters. The van der Waals surface area contributed by atoms with E-state index in [9.17, 15) is 14.9 Å². The Kier molecular flexibility index (Phi) is 7.96. The van der Waals surface area contributed by atoms with Gasteiger partial charge in [-0.25, -0.2) is 4.99 Å². The molecule has 4 rings (SSSR count). The number of aliphatic imine (C=N–C) groups is 1. The Labute approximate surface area is 205 Å². The maximum atomic E-state index is 13.4. The first-order valence-electron chi connectivity index (χ1n) is 12.0. The molecule has 2 aromatic rings. The molecule has 1 saturated carbocycles. The summed E-state index contributed by atoms with van der Waals surface area (Å²) in [4.78, 5) is 35.2. The van der Waals surface area contributed by atoms with E-state index in [0.29, 0.717) is 40.7 Å². The smallest absolute Gasteiger partial charge is 0.266 e. The highest BCUT2D eigenvalue weighted by Crippen LogP contribution is 2.33. The van der Waals surface area contributed by atoms with Crippen LogP contribution in [0.25, 0.3) is 0 Å². The van der Waals surface area contributed by atoms with Gasteiger partial charge in [0.1, 0.15) is 10.6 Å². The SMILES string of the molecule is CN(Cc1ccccc1C#N)C(=O)c1scc(C(=O)NCC2CCC2)c1/N=C/N1CCCCC1. The summed E-state index contributed by atoms with van der Waals surface area (Å²) in [5, 5.41) is 14.2. The van der Waals surface area contributed by atoms with Gasteiger partial charge < -0.3 is 15.1 Å². The summed E-state index contributed by atoms with van der Waals surface area (Å²) in [6.45, 7) is 2.84. The molecule has 2 amide bonds. The number of nitrogens with one attached hydrogen (secondary N) is 1. The number of nitrogens with zero attached hydrogens (tertiary/aromatic N) is 4. The number of rotatable bonds is 8. The van der Waals surface area contributed by atoms with Gasteiger partial charge in [0.05, 0.1) is 23.5 Å². The summed E-state index contributed by atoms with van der Waals surface area (Å²) < 4.78 is 0. The zero-order valence-electron chi connectivity index (χ0n) is 19.6. The van der Waals surface area contributed by atoms with Gasteiger partial charge >= 0.3 is 0 Å². The molecule has 2 fully saturated rings. The predicted molar refractivity (Wildman–Crippen MR) is 135 cm³/mol. The first-order valence-corrected chi connectivity index (χ1v) is 12.9. The van der Waals surface area contributed by atoms with Crippen LogP contribution in [-0.4, -0.2) is 54.6 Å². The Bertz CT molecular complexity index is 1090. The van der Waals surface area contributed by atoms with E-state index in [1.54, 1.807) is 29.7 Å². The van der Waals surface area contributed by atoms with Crippen LogP contribution in [0.1, 0.15) is 69.7 Å². The molecule has 7 nitrogen and oxygen atoms in total. The Balaban J connectivity index is 1.56. The zero-order valence-corrected chi connectivity index (χ0v) is 20.4. The van der Waals surface area contributed by atoms with Gasteiger partial charge in [0, 0.05) is 38.6 Å². The van der Waals surface area contributed by atoms with Crippen LogP contribution in [0.3, 0.4) is 0 Å². The first kappa shape index (κ1) is 24.0. The second-order valence-corrected chi connectivity index (χ2v) is 9.99. The van der Waals surface area contributed by atoms with Crippen LogP contribution in [0.5, 0.6) is 0 Å². The third-order valence-electron chi connectivity index (χ3n) is 6.61. The van der Waals surface area contributed by atoms with E-state index in [1.807, 2.05) is 18.2 Å². The molecule has 1 saturated heterocycles. The minimum atomic E-state index is -0.207. The summed E-state index contributed by atoms with van der Waals surface area (Å²) in [7, 11) is 1.71. The average Bonchev–Trinajstić information content (AvgIpc) is 3.26. The number of hydrogen-bond acceptors (Lipinski definition) is 5. The minimum absolute atomic E-state index is 0.175. The Morgan fingerprint density at radius 2 is 2.00 bits per heavy atom. The van der Waals surface area contributed by atoms with Crippen molar-refractivity contribution < 1.29 is 9.59 Å². The van der Waals surface area contributed by atoms with Crippen LogP contribution in [0, 0.1) is 17.2 Å². The summed E-state index contributed by atoms with van der Waals surface area (Å²) in [6.07, 6.45) is 8.78. The summed E-state index contributed by atoms with van der Waals surface area (Å²) in [6, 6.07) is 9.45. The molecule has 1 aliphatic heterocycles. The molecule has 2 aliphatic rings. The monoisotopic (exact) mass is 477 g/mol. The summed E-state index contributed by atoms with van der Waals surface area (Å²) in [5.74, 6) is 0.169. The van der Waals surface area contributed by atoms with Crippen LogP contribution >= 0.6 is 11.3 Å². The highest BCUT2D eigenvalue weighted by atomic mass is 32.1. The van der Waals surface area contributed by atoms with Crippen molar-refractivity contribution in [2.75, 3.05) is 26.7 Å². The minimum Gasteiger partial charge on any atom is -0.363 e. The number of benzene rings is 1. The van der Waals surface area contributed by atoms with Crippen molar-refractivity contribution in [2.24, 2.45) is 10.9 Å². The second kappa shape index (κ2) is 11.3. The number of piperidine rings is 1. The van der Waals surface area contributed by atoms with E-state index in [1.165, 1.54) is 24.2 Å². The Hall–Kier alpha value is -3.18. The highest BCUT2D eigenvalue weighted by Gasteiger charge is 2.26. The Morgan fingerprint density at radius 1 is 1.24 bits per heavy atom. The molecular weight excluding hydrogens is 446 g/mol. The molecule has 1 aliphatic carbocycles. The maximum absolute atomic E-state index is 13.4. The molecule has 178 valence electrons. The normalized spacial score (nSPS) is 16.2. The number of carbonyl (C=O) groups excluding carboxylic acids is 2. The first-order chi connectivity index (χ1) is 16.6. The van der Waals surface area contributed by atoms with Gasteiger partial charge in [-0.3, -0.25) is 9.59 Å². The molecule has 0 spiro atoms. The van der Waals surface area contributed by atoms with Crippen LogP contribution in [0.4, 0.5) is 5.69 Å². The summed E-state index contributed by atoms with van der Waals surface area (Å²) >= 11 is 1.25. The van der Waals surface area contributed by atoms with Crippen LogP contribution in [0.15, 0.2) is 34.6 Å². The molecule has 2 heterocycles. The van der Waals surface area contributed by atoms with Gasteiger partial charge in [-0.1, -0.05) is 24.6 Å². The number of likely N-dealkylation sites (tertiary alicyclic amines) is 1. The van der Waals surface area contributed by atoms with Gasteiger partial charge in [0.2, 0.25) is 0 Å². The molecule has 0 unspecified atom stereocenters. The molecule has 0 radical (unpaired) electrons. The van der Waals surface area contributed by atoms with Crippen molar-refractivity contribution in [3.8, 4) is 6.07 Å². The van der Waals surface area contributed by atoms with Crippen molar-refractivity contribution in [1.29, 1.82) is 5.26 Å². The molecule has 0 bridgehead atoms. The number of hydrogen-bond donors (Lipinski definition) is 1. The van der Waals surface area contributed by atoms with Crippen molar-refractivity contribution in [2.45, 2.75) is 45.1 Å². The van der Waals surface area contributed by atoms with Crippen molar-refractivity contribution >= 4 is 35.2 Å². The molecule has 1 N–H and O–H groups in total. The standard InChI is InChI=1S/C26H31N5O2S/c1-30(16-21-11-4-3-10-20(21)14-27)26(33)24-23(29-18-31-12-5-2-6-13-31)22(17-34-24)25(32)28-15-19-8-7-9-19/h3-4,10-11,17-19H,2,5-9,12-13,15-16H2,1H3,(H,28,32)/b29-18+. The Morgan fingerprint density at radius 3 is 2.71 bits per heavy atom. The van der Waals surface area contributed by atoms with E-state index in [4.69, 9.17) is 0 Å². The number of carbonyl (C=O) groups is 2. The number of amides is 2. The molecule has 1 aromatic carbocycles. The zero-order chi connectivity index (χ0) is 23.9. The van der Waals surface area contributed by atoms with Gasteiger partial charge in [-0.05, 0) is 49.7 Å². The lowest BCUT2D eigenvalue weighted by Crippen LogP contribution is -2.32. The lowest BCUT2D eigenvalue weighted by atomic mass is 9.85. The molecular formula is C26H31N5O2S. The van der Waals surface area contributed by atoms with E-state index >= 15 is 0 Å². The maximum Gasteiger partial charge on any atom is 0.266 e. The van der Waals surface area contributed by atoms with Gasteiger partial charge in [0.25, 0.3) is 11.8 Å². The van der Waals surface area contributed by atoms with E-state index in [2.05, 4.69) is 21.3 Å². The van der Waals surface area contributed by atoms with Crippen LogP contribution < -0.4 is 5.32 Å². The second-order valence-electron chi connectivity index (χ2n) is 9.11. The van der Waals surface area contributed by atoms with Gasteiger partial charge in [0.15, 0.2) is 0 Å². The fourth-order valence-electron chi connectivity index (χ4n) is 4.26. The third kappa shape index (κ3) is 5.65. The van der Waals surface area contributed by atoms with Crippen molar-refractivity contribution in [3.05, 3.63) is 51.2 Å². The van der Waals surface area contributed by atoms with E-state index in [0.717, 1.165) is 44.3 Å². The summed E-state index contributed by atoms with van der Waals surface area (Å²) in [5.41, 5.74) is 2.22. The number of thiophene rings is 1. The van der Waals surface area contributed by atoms with Crippen LogP contribution in [0.2, 0.25) is 0 Å². The van der Waals surface area contributed by atoms with E-state index < -0.39 is 0 Å². The molecule has 8 heteroatoms. The lowest BCUT2D eigenvalue weighted by molar-refractivity contribution is 0.0790. The lowest BCUT2D eigenvalue weighted by Gasteiger charge is -2.25. The molecule has 1 aromatic heterocycles. The number of nitriles is 1. The largest absolute Gasteiger partial charge is 0.363 e. The fourth-order valence-corrected chi connectivity index (χ4v) is 5.25. The van der Waals surface area contributed by atoms with Crippen molar-refractivity contribution in [1.82, 2.24) is 15.1 Å². The van der Waals surface area contributed by atoms with Crippen LogP contribution in [-0.2, 0) is 6.54 Å². The predicted octanol–water partition coefficient (Wildman–Crippen LogP) is 4.57. The van der Waals surface area contributed by atoms with Gasteiger partial charge in [-0.15, -0.1) is 11.3 Å². The topological polar surface area (TPSA) is 88.8 Å². The van der Waals surface area contributed by atoms with E-state index in [-0.39, 0.29) is 11.8 Å². The molecule has 34 heavy (non-hydrogen) atoms. The quantitative estimate of drug-likeness (QED) is 0.446. The van der Waals surface area contributed by atoms with Gasteiger partial charge in [-0.2, -0.15) is 5.26 Å².